The van der Waals surface area contributed by atoms with E-state index in [0.29, 0.717) is 0 Å². The van der Waals surface area contributed by atoms with E-state index in [1.165, 1.54) is 6.42 Å². The molecule has 2 aromatic rings. The summed E-state index contributed by atoms with van der Waals surface area (Å²) in [6.07, 6.45) is 6.95. The molecule has 1 aliphatic carbocycles. The van der Waals surface area contributed by atoms with E-state index in [1.807, 2.05) is 18.2 Å². The zero-order valence-electron chi connectivity index (χ0n) is 11.4. The fourth-order valence-electron chi connectivity index (χ4n) is 2.96. The van der Waals surface area contributed by atoms with Crippen LogP contribution in [0.4, 0.5) is 5.69 Å². The van der Waals surface area contributed by atoms with Crippen molar-refractivity contribution >= 4 is 22.5 Å². The minimum absolute atomic E-state index is 0.0292. The van der Waals surface area contributed by atoms with Crippen LogP contribution in [-0.2, 0) is 4.79 Å². The van der Waals surface area contributed by atoms with Gasteiger partial charge in [-0.2, -0.15) is 5.10 Å². The van der Waals surface area contributed by atoms with Gasteiger partial charge in [0.25, 0.3) is 0 Å². The van der Waals surface area contributed by atoms with Gasteiger partial charge in [-0.05, 0) is 18.9 Å². The zero-order chi connectivity index (χ0) is 13.9. The highest BCUT2D eigenvalue weighted by molar-refractivity contribution is 6.01. The van der Waals surface area contributed by atoms with Crippen LogP contribution in [-0.4, -0.2) is 22.1 Å². The molecule has 20 heavy (non-hydrogen) atoms. The standard InChI is InChI=1S/C15H20N4O/c16-12-7-3-1-2-6-11(12)15(20)18-13-8-4-5-10-9-17-19-14(10)13/h4-5,8-9,11-12H,1-3,6-7,16H2,(H,17,19)(H,18,20). The number of nitrogens with zero attached hydrogens (tertiary/aromatic N) is 1. The fraction of sp³-hybridized carbons (Fsp3) is 0.467. The molecular formula is C15H20N4O. The second-order valence-electron chi connectivity index (χ2n) is 5.54. The Labute approximate surface area is 117 Å². The molecule has 3 rings (SSSR count). The summed E-state index contributed by atoms with van der Waals surface area (Å²) in [5.41, 5.74) is 7.79. The maximum absolute atomic E-state index is 12.5. The van der Waals surface area contributed by atoms with Gasteiger partial charge in [0.2, 0.25) is 5.91 Å². The van der Waals surface area contributed by atoms with Crippen molar-refractivity contribution in [3.05, 3.63) is 24.4 Å². The van der Waals surface area contributed by atoms with Crippen molar-refractivity contribution in [3.63, 3.8) is 0 Å². The molecule has 0 spiro atoms. The number of para-hydroxylation sites is 1. The van der Waals surface area contributed by atoms with E-state index in [1.54, 1.807) is 6.20 Å². The summed E-state index contributed by atoms with van der Waals surface area (Å²) < 4.78 is 0. The molecule has 5 heteroatoms. The lowest BCUT2D eigenvalue weighted by Crippen LogP contribution is -2.37. The van der Waals surface area contributed by atoms with Gasteiger partial charge < -0.3 is 11.1 Å². The Morgan fingerprint density at radius 2 is 2.15 bits per heavy atom. The molecule has 1 heterocycles. The summed E-state index contributed by atoms with van der Waals surface area (Å²) in [4.78, 5) is 12.5. The Morgan fingerprint density at radius 1 is 1.30 bits per heavy atom. The smallest absolute Gasteiger partial charge is 0.229 e. The number of carbonyl (C=O) groups excluding carboxylic acids is 1. The molecule has 0 bridgehead atoms. The number of hydrogen-bond acceptors (Lipinski definition) is 3. The van der Waals surface area contributed by atoms with Crippen molar-refractivity contribution < 1.29 is 4.79 Å². The summed E-state index contributed by atoms with van der Waals surface area (Å²) >= 11 is 0. The Balaban J connectivity index is 1.79. The molecule has 1 fully saturated rings. The van der Waals surface area contributed by atoms with E-state index in [0.717, 1.165) is 42.3 Å². The highest BCUT2D eigenvalue weighted by Gasteiger charge is 2.27. The predicted octanol–water partition coefficient (Wildman–Crippen LogP) is 2.41. The van der Waals surface area contributed by atoms with Crippen LogP contribution in [0.1, 0.15) is 32.1 Å². The van der Waals surface area contributed by atoms with Crippen molar-refractivity contribution in [2.75, 3.05) is 5.32 Å². The molecule has 5 nitrogen and oxygen atoms in total. The number of amides is 1. The van der Waals surface area contributed by atoms with Crippen LogP contribution in [0, 0.1) is 5.92 Å². The van der Waals surface area contributed by atoms with Crippen LogP contribution in [0.2, 0.25) is 0 Å². The quantitative estimate of drug-likeness (QED) is 0.734. The van der Waals surface area contributed by atoms with Crippen molar-refractivity contribution in [3.8, 4) is 0 Å². The molecule has 1 saturated carbocycles. The zero-order valence-corrected chi connectivity index (χ0v) is 11.4. The number of nitrogens with two attached hydrogens (primary N) is 1. The van der Waals surface area contributed by atoms with Crippen LogP contribution < -0.4 is 11.1 Å². The van der Waals surface area contributed by atoms with Gasteiger partial charge in [0.1, 0.15) is 0 Å². The first-order valence-electron chi connectivity index (χ1n) is 7.24. The summed E-state index contributed by atoms with van der Waals surface area (Å²) in [7, 11) is 0. The molecule has 1 amide bonds. The van der Waals surface area contributed by atoms with Crippen molar-refractivity contribution in [2.24, 2.45) is 11.7 Å². The van der Waals surface area contributed by atoms with Crippen LogP contribution >= 0.6 is 0 Å². The average molecular weight is 272 g/mol. The topological polar surface area (TPSA) is 83.8 Å². The van der Waals surface area contributed by atoms with E-state index in [-0.39, 0.29) is 17.9 Å². The second-order valence-corrected chi connectivity index (χ2v) is 5.54. The maximum Gasteiger partial charge on any atom is 0.229 e. The number of aromatic amines is 1. The van der Waals surface area contributed by atoms with Gasteiger partial charge >= 0.3 is 0 Å². The maximum atomic E-state index is 12.5. The minimum Gasteiger partial charge on any atom is -0.327 e. The first kappa shape index (κ1) is 13.1. The largest absolute Gasteiger partial charge is 0.327 e. The monoisotopic (exact) mass is 272 g/mol. The normalized spacial score (nSPS) is 23.4. The minimum atomic E-state index is -0.0873. The number of benzene rings is 1. The molecule has 1 aromatic heterocycles. The molecule has 1 aliphatic rings. The number of hydrogen-bond donors (Lipinski definition) is 3. The van der Waals surface area contributed by atoms with Crippen LogP contribution in [0.15, 0.2) is 24.4 Å². The molecule has 0 aliphatic heterocycles. The third-order valence-electron chi connectivity index (χ3n) is 4.14. The van der Waals surface area contributed by atoms with Gasteiger partial charge in [-0.1, -0.05) is 31.4 Å². The number of H-pyrrole nitrogens is 1. The second kappa shape index (κ2) is 5.63. The Hall–Kier alpha value is -1.88. The first-order valence-corrected chi connectivity index (χ1v) is 7.24. The summed E-state index contributed by atoms with van der Waals surface area (Å²) in [5.74, 6) is -0.0582. The number of rotatable bonds is 2. The third-order valence-corrected chi connectivity index (χ3v) is 4.14. The molecular weight excluding hydrogens is 252 g/mol. The van der Waals surface area contributed by atoms with Crippen LogP contribution in [0.25, 0.3) is 10.9 Å². The van der Waals surface area contributed by atoms with Crippen molar-refractivity contribution in [1.29, 1.82) is 0 Å². The van der Waals surface area contributed by atoms with E-state index >= 15 is 0 Å². The molecule has 1 aromatic carbocycles. The van der Waals surface area contributed by atoms with E-state index < -0.39 is 0 Å². The highest BCUT2D eigenvalue weighted by Crippen LogP contribution is 2.25. The van der Waals surface area contributed by atoms with Gasteiger partial charge in [0.15, 0.2) is 0 Å². The predicted molar refractivity (Wildman–Crippen MR) is 79.3 cm³/mol. The molecule has 0 radical (unpaired) electrons. The third kappa shape index (κ3) is 2.54. The molecule has 106 valence electrons. The molecule has 4 N–H and O–H groups in total. The summed E-state index contributed by atoms with van der Waals surface area (Å²) in [6, 6.07) is 5.74. The van der Waals surface area contributed by atoms with Crippen molar-refractivity contribution in [2.45, 2.75) is 38.1 Å². The summed E-state index contributed by atoms with van der Waals surface area (Å²) in [5, 5.41) is 10.9. The molecule has 2 unspecified atom stereocenters. The van der Waals surface area contributed by atoms with Crippen molar-refractivity contribution in [1.82, 2.24) is 10.2 Å². The van der Waals surface area contributed by atoms with E-state index in [9.17, 15) is 4.79 Å². The number of nitrogens with one attached hydrogen (secondary N) is 2. The van der Waals surface area contributed by atoms with Crippen LogP contribution in [0.3, 0.4) is 0 Å². The van der Waals surface area contributed by atoms with Gasteiger partial charge in [0.05, 0.1) is 23.3 Å². The number of fused-ring (bicyclic) bond motifs is 1. The molecule has 2 atom stereocenters. The van der Waals surface area contributed by atoms with Gasteiger partial charge in [-0.15, -0.1) is 0 Å². The number of aromatic nitrogens is 2. The Morgan fingerprint density at radius 3 is 3.05 bits per heavy atom. The van der Waals surface area contributed by atoms with E-state index in [4.69, 9.17) is 5.73 Å². The lowest BCUT2D eigenvalue weighted by Gasteiger charge is -2.20. The lowest BCUT2D eigenvalue weighted by atomic mass is 9.94. The summed E-state index contributed by atoms with van der Waals surface area (Å²) in [6.45, 7) is 0. The van der Waals surface area contributed by atoms with Gasteiger partial charge in [0, 0.05) is 11.4 Å². The first-order chi connectivity index (χ1) is 9.75. The molecule has 0 saturated heterocycles. The SMILES string of the molecule is NC1CCCCCC1C(=O)Nc1cccc2cn[nH]c12. The van der Waals surface area contributed by atoms with E-state index in [2.05, 4.69) is 15.5 Å². The number of anilines is 1. The Bertz CT molecular complexity index is 607. The van der Waals surface area contributed by atoms with Crippen LogP contribution in [0.5, 0.6) is 0 Å². The Kier molecular flexibility index (Phi) is 3.69. The lowest BCUT2D eigenvalue weighted by molar-refractivity contribution is -0.120. The fourth-order valence-corrected chi connectivity index (χ4v) is 2.96. The highest BCUT2D eigenvalue weighted by atomic mass is 16.1. The van der Waals surface area contributed by atoms with Gasteiger partial charge in [-0.25, -0.2) is 0 Å². The average Bonchev–Trinajstić information content (AvgIpc) is 2.82. The number of carbonyl (C=O) groups is 1. The van der Waals surface area contributed by atoms with Gasteiger partial charge in [-0.3, -0.25) is 9.89 Å².